The van der Waals surface area contributed by atoms with Gasteiger partial charge in [-0.25, -0.2) is 0 Å². The first-order valence-electron chi connectivity index (χ1n) is 12.3. The third-order valence-electron chi connectivity index (χ3n) is 6.48. The zero-order valence-corrected chi connectivity index (χ0v) is 22.4. The van der Waals surface area contributed by atoms with Crippen LogP contribution in [-0.2, 0) is 17.8 Å². The molecule has 1 aliphatic heterocycles. The summed E-state index contributed by atoms with van der Waals surface area (Å²) < 4.78 is 6.00. The Bertz CT molecular complexity index is 1270. The topological polar surface area (TPSA) is 68.6 Å². The lowest BCUT2D eigenvalue weighted by molar-refractivity contribution is -0.123. The average Bonchev–Trinajstić information content (AvgIpc) is 2.91. The minimum Gasteiger partial charge on any atom is -0.483 e. The summed E-state index contributed by atoms with van der Waals surface area (Å²) in [6, 6.07) is 21.1. The molecule has 1 amide bonds. The predicted molar refractivity (Wildman–Crippen MR) is 148 cm³/mol. The zero-order chi connectivity index (χ0) is 26.2. The van der Waals surface area contributed by atoms with E-state index < -0.39 is 0 Å². The molecule has 1 aliphatic rings. The van der Waals surface area contributed by atoms with Crippen LogP contribution in [0.1, 0.15) is 16.7 Å². The van der Waals surface area contributed by atoms with E-state index in [4.69, 9.17) is 33.2 Å². The summed E-state index contributed by atoms with van der Waals surface area (Å²) in [7, 11) is 2.14. The zero-order valence-electron chi connectivity index (χ0n) is 20.8. The Morgan fingerprint density at radius 1 is 0.973 bits per heavy atom. The number of nitrogens with zero attached hydrogens (tertiary/aromatic N) is 3. The average molecular weight is 537 g/mol. The second kappa shape index (κ2) is 12.9. The summed E-state index contributed by atoms with van der Waals surface area (Å²) in [5.74, 6) is 0.526. The molecule has 3 aromatic rings. The van der Waals surface area contributed by atoms with Crippen molar-refractivity contribution in [3.05, 3.63) is 87.4 Å². The van der Waals surface area contributed by atoms with Crippen LogP contribution in [0.2, 0.25) is 10.0 Å². The molecule has 1 fully saturated rings. The van der Waals surface area contributed by atoms with Gasteiger partial charge >= 0.3 is 0 Å². The van der Waals surface area contributed by atoms with Crippen LogP contribution in [0.3, 0.4) is 0 Å². The molecule has 1 heterocycles. The number of benzene rings is 3. The van der Waals surface area contributed by atoms with Crippen molar-refractivity contribution in [2.24, 2.45) is 0 Å². The van der Waals surface area contributed by atoms with Crippen LogP contribution in [0.5, 0.6) is 5.75 Å². The van der Waals surface area contributed by atoms with Crippen molar-refractivity contribution in [1.29, 1.82) is 5.26 Å². The maximum Gasteiger partial charge on any atom is 0.257 e. The van der Waals surface area contributed by atoms with Gasteiger partial charge in [0, 0.05) is 44.8 Å². The van der Waals surface area contributed by atoms with Gasteiger partial charge in [-0.15, -0.1) is 0 Å². The molecule has 4 rings (SSSR count). The smallest absolute Gasteiger partial charge is 0.257 e. The molecule has 3 aromatic carbocycles. The lowest BCUT2D eigenvalue weighted by atomic mass is 10.0. The van der Waals surface area contributed by atoms with E-state index in [0.29, 0.717) is 34.3 Å². The molecule has 0 aliphatic carbocycles. The summed E-state index contributed by atoms with van der Waals surface area (Å²) in [5.41, 5.74) is 4.70. The van der Waals surface area contributed by atoms with Gasteiger partial charge in [-0.3, -0.25) is 9.69 Å². The molecule has 8 heteroatoms. The Morgan fingerprint density at radius 3 is 2.38 bits per heavy atom. The van der Waals surface area contributed by atoms with Crippen LogP contribution < -0.4 is 10.1 Å². The SMILES string of the molecule is CN1CCN(Cc2cc(-c3ccc(Cl)c(Cl)c3)ccc2OCC(=O)NCCc2ccc(C#N)cc2)CC1. The van der Waals surface area contributed by atoms with Crippen LogP contribution >= 0.6 is 23.2 Å². The molecule has 192 valence electrons. The number of hydrogen-bond donors (Lipinski definition) is 1. The number of piperazine rings is 1. The van der Waals surface area contributed by atoms with Gasteiger partial charge in [-0.2, -0.15) is 5.26 Å². The molecule has 1 saturated heterocycles. The van der Waals surface area contributed by atoms with Crippen LogP contribution in [0.25, 0.3) is 11.1 Å². The van der Waals surface area contributed by atoms with Crippen molar-refractivity contribution < 1.29 is 9.53 Å². The van der Waals surface area contributed by atoms with E-state index in [9.17, 15) is 4.79 Å². The first-order valence-corrected chi connectivity index (χ1v) is 13.0. The lowest BCUT2D eigenvalue weighted by Gasteiger charge is -2.32. The Labute approximate surface area is 228 Å². The highest BCUT2D eigenvalue weighted by atomic mass is 35.5. The van der Waals surface area contributed by atoms with E-state index in [1.807, 2.05) is 36.4 Å². The summed E-state index contributed by atoms with van der Waals surface area (Å²) in [6.45, 7) is 5.16. The highest BCUT2D eigenvalue weighted by Gasteiger charge is 2.17. The molecule has 0 bridgehead atoms. The summed E-state index contributed by atoms with van der Waals surface area (Å²) >= 11 is 12.4. The molecule has 0 unspecified atom stereocenters. The molecular formula is C29H30Cl2N4O2. The van der Waals surface area contributed by atoms with Gasteiger partial charge in [-0.1, -0.05) is 47.5 Å². The Kier molecular flexibility index (Phi) is 9.43. The minimum atomic E-state index is -0.173. The number of ether oxygens (including phenoxy) is 1. The first-order chi connectivity index (χ1) is 17.9. The normalized spacial score (nSPS) is 14.2. The molecule has 0 aromatic heterocycles. The largest absolute Gasteiger partial charge is 0.483 e. The van der Waals surface area contributed by atoms with Gasteiger partial charge in [0.05, 0.1) is 21.7 Å². The fourth-order valence-corrected chi connectivity index (χ4v) is 4.53. The van der Waals surface area contributed by atoms with Gasteiger partial charge < -0.3 is 15.0 Å². The fraction of sp³-hybridized carbons (Fsp3) is 0.310. The number of carbonyl (C=O) groups is 1. The predicted octanol–water partition coefficient (Wildman–Crippen LogP) is 5.02. The molecule has 0 spiro atoms. The maximum atomic E-state index is 12.5. The van der Waals surface area contributed by atoms with Crippen molar-refractivity contribution in [3.8, 4) is 22.9 Å². The van der Waals surface area contributed by atoms with E-state index in [1.54, 1.807) is 18.2 Å². The summed E-state index contributed by atoms with van der Waals surface area (Å²) in [5, 5.41) is 12.9. The Morgan fingerprint density at radius 2 is 1.68 bits per heavy atom. The van der Waals surface area contributed by atoms with Crippen molar-refractivity contribution in [3.63, 3.8) is 0 Å². The molecular weight excluding hydrogens is 507 g/mol. The van der Waals surface area contributed by atoms with E-state index in [0.717, 1.165) is 55.0 Å². The lowest BCUT2D eigenvalue weighted by Crippen LogP contribution is -2.43. The van der Waals surface area contributed by atoms with Gasteiger partial charge in [0.25, 0.3) is 5.91 Å². The standard InChI is InChI=1S/C29H30Cl2N4O2/c1-34-12-14-35(15-13-34)19-25-16-23(24-6-8-26(30)27(31)17-24)7-9-28(25)37-20-29(36)33-11-10-21-2-4-22(18-32)5-3-21/h2-9,16-17H,10-15,19-20H2,1H3,(H,33,36). The van der Waals surface area contributed by atoms with Gasteiger partial charge in [0.2, 0.25) is 0 Å². The van der Waals surface area contributed by atoms with Crippen LogP contribution in [0.4, 0.5) is 0 Å². The number of rotatable bonds is 9. The third-order valence-corrected chi connectivity index (χ3v) is 7.22. The quantitative estimate of drug-likeness (QED) is 0.416. The summed E-state index contributed by atoms with van der Waals surface area (Å²) in [6.07, 6.45) is 0.685. The van der Waals surface area contributed by atoms with Crippen LogP contribution in [-0.4, -0.2) is 62.1 Å². The fourth-order valence-electron chi connectivity index (χ4n) is 4.23. The number of carbonyl (C=O) groups excluding carboxylic acids is 1. The Hall–Kier alpha value is -3.08. The number of likely N-dealkylation sites (N-methyl/N-ethyl adjacent to an activating group) is 1. The molecule has 37 heavy (non-hydrogen) atoms. The Balaban J connectivity index is 1.40. The van der Waals surface area contributed by atoms with E-state index in [-0.39, 0.29) is 12.5 Å². The molecule has 0 saturated carbocycles. The second-order valence-corrected chi connectivity index (χ2v) is 10.0. The number of nitriles is 1. The van der Waals surface area contributed by atoms with Crippen LogP contribution in [0, 0.1) is 11.3 Å². The van der Waals surface area contributed by atoms with Crippen molar-refractivity contribution in [2.45, 2.75) is 13.0 Å². The van der Waals surface area contributed by atoms with E-state index in [2.05, 4.69) is 34.3 Å². The number of halogens is 2. The van der Waals surface area contributed by atoms with Gasteiger partial charge in [-0.05, 0) is 66.6 Å². The van der Waals surface area contributed by atoms with Crippen molar-refractivity contribution in [1.82, 2.24) is 15.1 Å². The van der Waals surface area contributed by atoms with E-state index >= 15 is 0 Å². The van der Waals surface area contributed by atoms with Crippen LogP contribution in [0.15, 0.2) is 60.7 Å². The van der Waals surface area contributed by atoms with E-state index in [1.165, 1.54) is 0 Å². The third kappa shape index (κ3) is 7.70. The van der Waals surface area contributed by atoms with Crippen molar-refractivity contribution >= 4 is 29.1 Å². The first kappa shape index (κ1) is 27.0. The van der Waals surface area contributed by atoms with Gasteiger partial charge in [0.15, 0.2) is 6.61 Å². The number of hydrogen-bond acceptors (Lipinski definition) is 5. The highest BCUT2D eigenvalue weighted by Crippen LogP contribution is 2.32. The molecule has 6 nitrogen and oxygen atoms in total. The monoisotopic (exact) mass is 536 g/mol. The van der Waals surface area contributed by atoms with Crippen molar-refractivity contribution in [2.75, 3.05) is 46.4 Å². The highest BCUT2D eigenvalue weighted by molar-refractivity contribution is 6.42. The maximum absolute atomic E-state index is 12.5. The summed E-state index contributed by atoms with van der Waals surface area (Å²) in [4.78, 5) is 17.2. The number of nitrogens with one attached hydrogen (secondary N) is 1. The van der Waals surface area contributed by atoms with Gasteiger partial charge in [0.1, 0.15) is 5.75 Å². The minimum absolute atomic E-state index is 0.0603. The number of amides is 1. The molecule has 0 atom stereocenters. The second-order valence-electron chi connectivity index (χ2n) is 9.23. The molecule has 0 radical (unpaired) electrons. The molecule has 1 N–H and O–H groups in total.